The van der Waals surface area contributed by atoms with Crippen LogP contribution in [0.15, 0.2) is 130 Å². The molecule has 0 spiro atoms. The van der Waals surface area contributed by atoms with E-state index in [9.17, 15) is 0 Å². The number of hydrogen-bond donors (Lipinski definition) is 0. The molecule has 4 heterocycles. The number of benzene rings is 5. The van der Waals surface area contributed by atoms with Gasteiger partial charge in [-0.3, -0.25) is 0 Å². The predicted octanol–water partition coefficient (Wildman–Crippen LogP) is 7.85. The number of anilines is 3. The van der Waals surface area contributed by atoms with Gasteiger partial charge in [0.2, 0.25) is 0 Å². The van der Waals surface area contributed by atoms with Gasteiger partial charge in [-0.1, -0.05) is 78.3 Å². The van der Waals surface area contributed by atoms with Gasteiger partial charge in [0.15, 0.2) is 0 Å². The van der Waals surface area contributed by atoms with Crippen molar-refractivity contribution in [1.82, 2.24) is 0 Å². The Morgan fingerprint density at radius 2 is 1.08 bits per heavy atom. The summed E-state index contributed by atoms with van der Waals surface area (Å²) < 4.78 is 16.0. The molecule has 182 valence electrons. The number of thiophene rings is 1. The topological polar surface area (TPSA) is 29.5 Å². The summed E-state index contributed by atoms with van der Waals surface area (Å²) in [5, 5.41) is 4.74. The Labute approximate surface area is 228 Å². The number of para-hydroxylation sites is 2. The molecular weight excluding hydrogens is 497 g/mol. The van der Waals surface area contributed by atoms with Crippen molar-refractivity contribution in [3.05, 3.63) is 121 Å². The van der Waals surface area contributed by atoms with Gasteiger partial charge in [0.1, 0.15) is 22.5 Å². The SMILES string of the molecule is c1ccc(B2c3oc4ccccc4c3N(c3ccc4sc5ccccc5c4c3)c3c2oc2ccccc32)cc1. The van der Waals surface area contributed by atoms with E-state index < -0.39 is 0 Å². The first kappa shape index (κ1) is 21.2. The van der Waals surface area contributed by atoms with E-state index in [1.165, 1.54) is 20.2 Å². The molecule has 3 aromatic heterocycles. The third kappa shape index (κ3) is 2.93. The fourth-order valence-corrected chi connectivity index (χ4v) is 7.33. The molecule has 0 fully saturated rings. The average Bonchev–Trinajstić information content (AvgIpc) is 3.67. The zero-order valence-corrected chi connectivity index (χ0v) is 21.6. The second-order valence-electron chi connectivity index (χ2n) is 10.1. The molecule has 0 bridgehead atoms. The molecule has 1 aliphatic rings. The van der Waals surface area contributed by atoms with Crippen LogP contribution in [0.2, 0.25) is 0 Å². The molecule has 3 nitrogen and oxygen atoms in total. The van der Waals surface area contributed by atoms with E-state index in [-0.39, 0.29) is 6.71 Å². The molecule has 0 amide bonds. The van der Waals surface area contributed by atoms with Crippen LogP contribution in [0.3, 0.4) is 0 Å². The zero-order chi connectivity index (χ0) is 25.5. The highest BCUT2D eigenvalue weighted by Crippen LogP contribution is 2.46. The van der Waals surface area contributed by atoms with Crippen molar-refractivity contribution in [2.75, 3.05) is 4.90 Å². The maximum Gasteiger partial charge on any atom is 0.338 e. The largest absolute Gasteiger partial charge is 0.468 e. The Bertz CT molecular complexity index is 2130. The van der Waals surface area contributed by atoms with E-state index in [2.05, 4.69) is 114 Å². The van der Waals surface area contributed by atoms with E-state index in [4.69, 9.17) is 8.83 Å². The maximum absolute atomic E-state index is 6.71. The maximum atomic E-state index is 6.71. The lowest BCUT2D eigenvalue weighted by molar-refractivity contribution is 0.636. The Morgan fingerprint density at radius 3 is 1.77 bits per heavy atom. The molecule has 5 aromatic carbocycles. The van der Waals surface area contributed by atoms with Crippen molar-refractivity contribution in [2.45, 2.75) is 0 Å². The van der Waals surface area contributed by atoms with Gasteiger partial charge in [-0.2, -0.15) is 0 Å². The van der Waals surface area contributed by atoms with E-state index in [1.807, 2.05) is 23.5 Å². The Morgan fingerprint density at radius 1 is 0.513 bits per heavy atom. The van der Waals surface area contributed by atoms with Crippen LogP contribution in [0.25, 0.3) is 42.1 Å². The van der Waals surface area contributed by atoms with E-state index in [0.29, 0.717) is 0 Å². The van der Waals surface area contributed by atoms with E-state index in [0.717, 1.165) is 55.8 Å². The lowest BCUT2D eigenvalue weighted by atomic mass is 9.39. The smallest absolute Gasteiger partial charge is 0.338 e. The Kier molecular flexibility index (Phi) is 4.29. The summed E-state index contributed by atoms with van der Waals surface area (Å²) in [6, 6.07) is 42.7. The number of furan rings is 2. The highest BCUT2D eigenvalue weighted by atomic mass is 32.1. The fraction of sp³-hybridized carbons (Fsp3) is 0. The van der Waals surface area contributed by atoms with Gasteiger partial charge < -0.3 is 13.7 Å². The second kappa shape index (κ2) is 7.89. The van der Waals surface area contributed by atoms with Crippen LogP contribution >= 0.6 is 11.3 Å². The van der Waals surface area contributed by atoms with Gasteiger partial charge in [-0.15, -0.1) is 11.3 Å². The highest BCUT2D eigenvalue weighted by Gasteiger charge is 2.44. The van der Waals surface area contributed by atoms with Crippen molar-refractivity contribution in [3.63, 3.8) is 0 Å². The summed E-state index contributed by atoms with van der Waals surface area (Å²) in [5.74, 6) is 0. The summed E-state index contributed by atoms with van der Waals surface area (Å²) in [6.45, 7) is -0.155. The molecule has 0 unspecified atom stereocenters. The molecule has 8 aromatic rings. The van der Waals surface area contributed by atoms with Crippen LogP contribution in [0.4, 0.5) is 17.1 Å². The molecule has 9 rings (SSSR count). The van der Waals surface area contributed by atoms with Crippen LogP contribution in [-0.4, -0.2) is 6.71 Å². The summed E-state index contributed by atoms with van der Waals surface area (Å²) >= 11 is 1.84. The molecule has 0 atom stereocenters. The van der Waals surface area contributed by atoms with Gasteiger partial charge in [-0.25, -0.2) is 0 Å². The summed E-state index contributed by atoms with van der Waals surface area (Å²) in [5.41, 5.74) is 7.98. The third-order valence-electron chi connectivity index (χ3n) is 7.91. The van der Waals surface area contributed by atoms with Crippen molar-refractivity contribution < 1.29 is 8.83 Å². The number of rotatable bonds is 2. The van der Waals surface area contributed by atoms with Crippen molar-refractivity contribution >= 4 is 94.0 Å². The normalized spacial score (nSPS) is 13.0. The lowest BCUT2D eigenvalue weighted by Crippen LogP contribution is -2.56. The molecule has 0 N–H and O–H groups in total. The first-order valence-corrected chi connectivity index (χ1v) is 14.0. The summed E-state index contributed by atoms with van der Waals surface area (Å²) in [7, 11) is 0. The van der Waals surface area contributed by atoms with Crippen molar-refractivity contribution in [1.29, 1.82) is 0 Å². The molecule has 0 aliphatic carbocycles. The zero-order valence-electron chi connectivity index (χ0n) is 20.8. The van der Waals surface area contributed by atoms with E-state index in [1.54, 1.807) is 0 Å². The van der Waals surface area contributed by atoms with Gasteiger partial charge in [0.05, 0.1) is 11.4 Å². The average molecular weight is 517 g/mol. The van der Waals surface area contributed by atoms with Gasteiger partial charge in [-0.05, 0) is 48.5 Å². The lowest BCUT2D eigenvalue weighted by Gasteiger charge is -2.31. The molecule has 0 radical (unpaired) electrons. The second-order valence-corrected chi connectivity index (χ2v) is 11.2. The van der Waals surface area contributed by atoms with E-state index >= 15 is 0 Å². The predicted molar refractivity (Wildman–Crippen MR) is 165 cm³/mol. The molecule has 39 heavy (non-hydrogen) atoms. The van der Waals surface area contributed by atoms with Crippen molar-refractivity contribution in [3.8, 4) is 0 Å². The standard InChI is InChI=1S/C34H20BNO2S/c1-2-10-21(11-3-1)35-33-31(24-13-4-7-15-27(24)37-33)36(32-25-14-5-8-16-28(25)38-34(32)35)22-18-19-30-26(20-22)23-12-6-9-17-29(23)39-30/h1-20H. The minimum atomic E-state index is -0.155. The molecule has 0 saturated carbocycles. The van der Waals surface area contributed by atoms with Crippen LogP contribution in [0.5, 0.6) is 0 Å². The Hall–Kier alpha value is -4.74. The van der Waals surface area contributed by atoms with Gasteiger partial charge >= 0.3 is 6.71 Å². The fourth-order valence-electron chi connectivity index (χ4n) is 6.24. The third-order valence-corrected chi connectivity index (χ3v) is 9.07. The molecule has 0 saturated heterocycles. The van der Waals surface area contributed by atoms with Crippen LogP contribution < -0.4 is 21.7 Å². The highest BCUT2D eigenvalue weighted by molar-refractivity contribution is 7.25. The molecule has 5 heteroatoms. The quantitative estimate of drug-likeness (QED) is 0.219. The molecule has 1 aliphatic heterocycles. The monoisotopic (exact) mass is 517 g/mol. The minimum absolute atomic E-state index is 0.155. The minimum Gasteiger partial charge on any atom is -0.468 e. The first-order chi connectivity index (χ1) is 19.3. The van der Waals surface area contributed by atoms with Crippen LogP contribution in [0.1, 0.15) is 0 Å². The molecular formula is C34H20BNO2S. The number of hydrogen-bond acceptors (Lipinski definition) is 4. The summed E-state index contributed by atoms with van der Waals surface area (Å²) in [4.78, 5) is 2.37. The summed E-state index contributed by atoms with van der Waals surface area (Å²) in [6.07, 6.45) is 0. The van der Waals surface area contributed by atoms with Crippen LogP contribution in [0, 0.1) is 0 Å². The van der Waals surface area contributed by atoms with Gasteiger partial charge in [0.25, 0.3) is 0 Å². The number of fused-ring (bicyclic) bond motifs is 9. The van der Waals surface area contributed by atoms with Crippen molar-refractivity contribution in [2.24, 2.45) is 0 Å². The first-order valence-electron chi connectivity index (χ1n) is 13.1. The Balaban J connectivity index is 1.42. The van der Waals surface area contributed by atoms with Crippen LogP contribution in [-0.2, 0) is 0 Å². The van der Waals surface area contributed by atoms with Gasteiger partial charge in [0, 0.05) is 36.6 Å². The number of nitrogens with zero attached hydrogens (tertiary/aromatic N) is 1.